The molecule has 2 rings (SSSR count). The Morgan fingerprint density at radius 2 is 2.17 bits per heavy atom. The van der Waals surface area contributed by atoms with Crippen LogP contribution in [0.5, 0.6) is 5.75 Å². The Morgan fingerprint density at radius 1 is 1.46 bits per heavy atom. The topological polar surface area (TPSA) is 93.5 Å². The predicted molar refractivity (Wildman–Crippen MR) is 92.3 cm³/mol. The molecule has 1 saturated carbocycles. The predicted octanol–water partition coefficient (Wildman–Crippen LogP) is 3.10. The normalized spacial score (nSPS) is 20.4. The summed E-state index contributed by atoms with van der Waals surface area (Å²) < 4.78 is 5.17. The van der Waals surface area contributed by atoms with Crippen molar-refractivity contribution in [3.8, 4) is 5.75 Å². The van der Waals surface area contributed by atoms with E-state index in [1.807, 2.05) is 0 Å². The Balaban J connectivity index is 2.08. The summed E-state index contributed by atoms with van der Waals surface area (Å²) in [7, 11) is 1.46. The fraction of sp³-hybridized carbons (Fsp3) is 0.588. The van der Waals surface area contributed by atoms with Crippen LogP contribution in [0.2, 0.25) is 0 Å². The fourth-order valence-electron chi connectivity index (χ4n) is 3.16. The largest absolute Gasteiger partial charge is 0.495 e. The molecule has 24 heavy (non-hydrogen) atoms. The standard InChI is InChI=1S/C17H25N3O4/c1-11(18-15-6-5-9-17(15,2)3)16(21)19-13-10-12(20(22)23)7-8-14(13)24-4/h7-8,10-11,15,18H,5-6,9H2,1-4H3,(H,19,21). The van der Waals surface area contributed by atoms with Crippen LogP contribution in [0.3, 0.4) is 0 Å². The lowest BCUT2D eigenvalue weighted by atomic mass is 9.87. The van der Waals surface area contributed by atoms with Crippen molar-refractivity contribution >= 4 is 17.3 Å². The molecule has 2 unspecified atom stereocenters. The molecule has 2 N–H and O–H groups in total. The van der Waals surface area contributed by atoms with E-state index in [9.17, 15) is 14.9 Å². The fourth-order valence-corrected chi connectivity index (χ4v) is 3.16. The highest BCUT2D eigenvalue weighted by Crippen LogP contribution is 2.37. The summed E-state index contributed by atoms with van der Waals surface area (Å²) in [4.78, 5) is 22.9. The average Bonchev–Trinajstić information content (AvgIpc) is 2.85. The Morgan fingerprint density at radius 3 is 2.71 bits per heavy atom. The lowest BCUT2D eigenvalue weighted by Gasteiger charge is -2.30. The number of benzene rings is 1. The molecule has 132 valence electrons. The third-order valence-corrected chi connectivity index (χ3v) is 4.75. The molecule has 1 aromatic rings. The molecule has 1 fully saturated rings. The van der Waals surface area contributed by atoms with Gasteiger partial charge in [0, 0.05) is 18.2 Å². The van der Waals surface area contributed by atoms with Gasteiger partial charge in [0.05, 0.1) is 23.8 Å². The van der Waals surface area contributed by atoms with Gasteiger partial charge in [-0.1, -0.05) is 20.3 Å². The third kappa shape index (κ3) is 4.03. The highest BCUT2D eigenvalue weighted by molar-refractivity contribution is 5.96. The van der Waals surface area contributed by atoms with Gasteiger partial charge in [0.25, 0.3) is 5.69 Å². The molecule has 0 bridgehead atoms. The van der Waals surface area contributed by atoms with Gasteiger partial charge in [-0.2, -0.15) is 0 Å². The lowest BCUT2D eigenvalue weighted by Crippen LogP contribution is -2.47. The second kappa shape index (κ2) is 7.17. The number of nitrogens with zero attached hydrogens (tertiary/aromatic N) is 1. The maximum atomic E-state index is 12.5. The number of rotatable bonds is 6. The van der Waals surface area contributed by atoms with Crippen molar-refractivity contribution in [1.82, 2.24) is 5.32 Å². The van der Waals surface area contributed by atoms with Crippen molar-refractivity contribution in [2.24, 2.45) is 5.41 Å². The van der Waals surface area contributed by atoms with E-state index < -0.39 is 11.0 Å². The zero-order valence-corrected chi connectivity index (χ0v) is 14.6. The van der Waals surface area contributed by atoms with Crippen LogP contribution in [-0.4, -0.2) is 30.0 Å². The Hall–Kier alpha value is -2.15. The van der Waals surface area contributed by atoms with E-state index >= 15 is 0 Å². The van der Waals surface area contributed by atoms with E-state index in [2.05, 4.69) is 24.5 Å². The van der Waals surface area contributed by atoms with Crippen LogP contribution in [-0.2, 0) is 4.79 Å². The van der Waals surface area contributed by atoms with Crippen LogP contribution in [0.1, 0.15) is 40.0 Å². The van der Waals surface area contributed by atoms with Gasteiger partial charge in [-0.3, -0.25) is 14.9 Å². The van der Waals surface area contributed by atoms with E-state index in [-0.39, 0.29) is 23.1 Å². The summed E-state index contributed by atoms with van der Waals surface area (Å²) in [6.07, 6.45) is 3.33. The maximum Gasteiger partial charge on any atom is 0.271 e. The van der Waals surface area contributed by atoms with Crippen LogP contribution in [0.25, 0.3) is 0 Å². The van der Waals surface area contributed by atoms with Gasteiger partial charge in [-0.25, -0.2) is 0 Å². The minimum atomic E-state index is -0.502. The van der Waals surface area contributed by atoms with Crippen molar-refractivity contribution < 1.29 is 14.5 Å². The van der Waals surface area contributed by atoms with E-state index in [4.69, 9.17) is 4.74 Å². The number of methoxy groups -OCH3 is 1. The van der Waals surface area contributed by atoms with E-state index in [0.29, 0.717) is 11.4 Å². The molecule has 0 saturated heterocycles. The summed E-state index contributed by atoms with van der Waals surface area (Å²) >= 11 is 0. The quantitative estimate of drug-likeness (QED) is 0.615. The van der Waals surface area contributed by atoms with Crippen molar-refractivity contribution in [1.29, 1.82) is 0 Å². The Labute approximate surface area is 141 Å². The molecule has 0 spiro atoms. The molecule has 2 atom stereocenters. The zero-order valence-electron chi connectivity index (χ0n) is 14.6. The zero-order chi connectivity index (χ0) is 17.9. The van der Waals surface area contributed by atoms with E-state index in [0.717, 1.165) is 19.3 Å². The molecule has 1 aromatic carbocycles. The first-order valence-corrected chi connectivity index (χ1v) is 8.14. The molecular weight excluding hydrogens is 310 g/mol. The number of ether oxygens (including phenoxy) is 1. The van der Waals surface area contributed by atoms with Crippen LogP contribution in [0.4, 0.5) is 11.4 Å². The number of nitro benzene ring substituents is 1. The van der Waals surface area contributed by atoms with Crippen molar-refractivity contribution in [2.75, 3.05) is 12.4 Å². The van der Waals surface area contributed by atoms with Crippen LogP contribution in [0.15, 0.2) is 18.2 Å². The molecule has 0 radical (unpaired) electrons. The minimum Gasteiger partial charge on any atom is -0.495 e. The first-order valence-electron chi connectivity index (χ1n) is 8.14. The van der Waals surface area contributed by atoms with Gasteiger partial charge in [-0.15, -0.1) is 0 Å². The van der Waals surface area contributed by atoms with Crippen LogP contribution >= 0.6 is 0 Å². The van der Waals surface area contributed by atoms with Crippen molar-refractivity contribution in [2.45, 2.75) is 52.1 Å². The summed E-state index contributed by atoms with van der Waals surface area (Å²) in [5.74, 6) is 0.152. The monoisotopic (exact) mass is 335 g/mol. The molecule has 0 aromatic heterocycles. The van der Waals surface area contributed by atoms with Gasteiger partial charge in [-0.05, 0) is 31.2 Å². The lowest BCUT2D eigenvalue weighted by molar-refractivity contribution is -0.384. The number of amides is 1. The second-order valence-corrected chi connectivity index (χ2v) is 6.95. The van der Waals surface area contributed by atoms with Crippen LogP contribution < -0.4 is 15.4 Å². The summed E-state index contributed by atoms with van der Waals surface area (Å²) in [6, 6.07) is 4.01. The molecular formula is C17H25N3O4. The first-order chi connectivity index (χ1) is 11.2. The van der Waals surface area contributed by atoms with E-state index in [1.54, 1.807) is 6.92 Å². The smallest absolute Gasteiger partial charge is 0.271 e. The van der Waals surface area contributed by atoms with Gasteiger partial charge < -0.3 is 15.4 Å². The number of nitro groups is 1. The summed E-state index contributed by atoms with van der Waals surface area (Å²) in [5, 5.41) is 17.0. The molecule has 1 aliphatic carbocycles. The first kappa shape index (κ1) is 18.2. The van der Waals surface area contributed by atoms with Gasteiger partial charge in [0.2, 0.25) is 5.91 Å². The van der Waals surface area contributed by atoms with E-state index in [1.165, 1.54) is 25.3 Å². The number of hydrogen-bond donors (Lipinski definition) is 2. The Bertz CT molecular complexity index is 630. The SMILES string of the molecule is COc1ccc([N+](=O)[O-])cc1NC(=O)C(C)NC1CCCC1(C)C. The number of hydrogen-bond acceptors (Lipinski definition) is 5. The maximum absolute atomic E-state index is 12.5. The van der Waals surface area contributed by atoms with Gasteiger partial charge >= 0.3 is 0 Å². The number of nitrogens with one attached hydrogen (secondary N) is 2. The molecule has 0 aliphatic heterocycles. The van der Waals surface area contributed by atoms with Gasteiger partial charge in [0.1, 0.15) is 5.75 Å². The number of non-ortho nitro benzene ring substituents is 1. The third-order valence-electron chi connectivity index (χ3n) is 4.75. The van der Waals surface area contributed by atoms with Crippen molar-refractivity contribution in [3.05, 3.63) is 28.3 Å². The summed E-state index contributed by atoms with van der Waals surface area (Å²) in [6.45, 7) is 6.20. The highest BCUT2D eigenvalue weighted by atomic mass is 16.6. The minimum absolute atomic E-state index is 0.0939. The Kier molecular flexibility index (Phi) is 5.43. The molecule has 1 amide bonds. The number of carbonyl (C=O) groups excluding carboxylic acids is 1. The average molecular weight is 335 g/mol. The molecule has 7 heteroatoms. The summed E-state index contributed by atoms with van der Waals surface area (Å²) in [5.41, 5.74) is 0.372. The molecule has 1 aliphatic rings. The second-order valence-electron chi connectivity index (χ2n) is 6.95. The molecule has 7 nitrogen and oxygen atoms in total. The van der Waals surface area contributed by atoms with Crippen LogP contribution in [0, 0.1) is 15.5 Å². The highest BCUT2D eigenvalue weighted by Gasteiger charge is 2.35. The van der Waals surface area contributed by atoms with Gasteiger partial charge in [0.15, 0.2) is 0 Å². The van der Waals surface area contributed by atoms with Crippen molar-refractivity contribution in [3.63, 3.8) is 0 Å². The number of carbonyl (C=O) groups is 1. The molecule has 0 heterocycles. The number of anilines is 1.